The summed E-state index contributed by atoms with van der Waals surface area (Å²) in [6.45, 7) is 6.79. The minimum absolute atomic E-state index is 0. The number of halogens is 2. The van der Waals surface area contributed by atoms with Gasteiger partial charge in [-0.1, -0.05) is 46.2 Å². The number of rotatable bonds is 2. The number of aryl methyl sites for hydroxylation is 2. The Morgan fingerprint density at radius 2 is 1.39 bits per heavy atom. The summed E-state index contributed by atoms with van der Waals surface area (Å²) < 4.78 is 15.0. The highest BCUT2D eigenvalue weighted by molar-refractivity contribution is 9.10. The summed E-state index contributed by atoms with van der Waals surface area (Å²) in [7, 11) is 1.38. The van der Waals surface area contributed by atoms with Crippen LogP contribution in [0, 0.1) is 10.8 Å². The zero-order chi connectivity index (χ0) is 32.4. The van der Waals surface area contributed by atoms with Crippen molar-refractivity contribution in [3.63, 3.8) is 0 Å². The van der Waals surface area contributed by atoms with E-state index in [1.807, 2.05) is 38.1 Å². The SMILES string of the molecule is C.C1CCOC1.CC1(CO)CCc2nc3cc(Br)ccc3c(=O)n2C1.COC(=O)C1(C)CCc2nc3cc(Br)ccc3c(=O)n2C1. The van der Waals surface area contributed by atoms with E-state index in [2.05, 4.69) is 41.8 Å². The normalized spacial score (nSPS) is 21.5. The third-order valence-electron chi connectivity index (χ3n) is 8.78. The van der Waals surface area contributed by atoms with Gasteiger partial charge in [0, 0.05) is 53.5 Å². The number of nitrogens with zero attached hydrogens (tertiary/aromatic N) is 4. The molecule has 3 aliphatic heterocycles. The minimum atomic E-state index is -0.670. The van der Waals surface area contributed by atoms with Crippen LogP contribution in [0.15, 0.2) is 54.9 Å². The van der Waals surface area contributed by atoms with Crippen molar-refractivity contribution in [3.8, 4) is 0 Å². The van der Waals surface area contributed by atoms with Gasteiger partial charge in [0.25, 0.3) is 11.1 Å². The Balaban J connectivity index is 0.000000178. The Hall–Kier alpha value is -2.93. The van der Waals surface area contributed by atoms with Gasteiger partial charge in [0.1, 0.15) is 11.6 Å². The van der Waals surface area contributed by atoms with Gasteiger partial charge in [-0.05, 0) is 69.0 Å². The number of aliphatic hydroxyl groups is 1. The molecule has 46 heavy (non-hydrogen) atoms. The molecule has 2 atom stereocenters. The lowest BCUT2D eigenvalue weighted by molar-refractivity contribution is -0.153. The highest BCUT2D eigenvalue weighted by atomic mass is 79.9. The van der Waals surface area contributed by atoms with Gasteiger partial charge < -0.3 is 14.6 Å². The molecule has 12 heteroatoms. The van der Waals surface area contributed by atoms with Crippen molar-refractivity contribution in [2.45, 2.75) is 72.9 Å². The number of aromatic nitrogens is 4. The molecule has 1 fully saturated rings. The molecule has 0 bridgehead atoms. The molecule has 1 N–H and O–H groups in total. The molecule has 0 amide bonds. The average Bonchev–Trinajstić information content (AvgIpc) is 3.63. The van der Waals surface area contributed by atoms with Crippen molar-refractivity contribution in [3.05, 3.63) is 77.7 Å². The van der Waals surface area contributed by atoms with Crippen LogP contribution < -0.4 is 11.1 Å². The first kappa shape index (κ1) is 35.9. The summed E-state index contributed by atoms with van der Waals surface area (Å²) >= 11 is 6.79. The van der Waals surface area contributed by atoms with Crippen molar-refractivity contribution >= 4 is 59.6 Å². The third-order valence-corrected chi connectivity index (χ3v) is 9.77. The predicted octanol–water partition coefficient (Wildman–Crippen LogP) is 5.82. The largest absolute Gasteiger partial charge is 0.469 e. The lowest BCUT2D eigenvalue weighted by atomic mass is 9.82. The first-order chi connectivity index (χ1) is 21.5. The number of esters is 1. The van der Waals surface area contributed by atoms with Gasteiger partial charge in [0.2, 0.25) is 0 Å². The number of carbonyl (C=O) groups excluding carboxylic acids is 1. The number of fused-ring (bicyclic) bond motifs is 4. The van der Waals surface area contributed by atoms with E-state index in [4.69, 9.17) is 9.47 Å². The lowest BCUT2D eigenvalue weighted by Gasteiger charge is -2.33. The van der Waals surface area contributed by atoms with Crippen LogP contribution in [0.3, 0.4) is 0 Å². The molecule has 5 heterocycles. The number of hydrogen-bond donors (Lipinski definition) is 1. The predicted molar refractivity (Wildman–Crippen MR) is 186 cm³/mol. The van der Waals surface area contributed by atoms with E-state index in [9.17, 15) is 19.5 Å². The molecule has 7 rings (SSSR count). The van der Waals surface area contributed by atoms with Gasteiger partial charge in [0.05, 0.1) is 40.9 Å². The molecule has 10 nitrogen and oxygen atoms in total. The van der Waals surface area contributed by atoms with Crippen molar-refractivity contribution in [1.29, 1.82) is 0 Å². The molecular weight excluding hydrogens is 720 g/mol. The second-order valence-electron chi connectivity index (χ2n) is 12.5. The van der Waals surface area contributed by atoms with Crippen molar-refractivity contribution < 1.29 is 19.4 Å². The summed E-state index contributed by atoms with van der Waals surface area (Å²) in [5.41, 5.74) is 0.419. The number of aliphatic hydroxyl groups excluding tert-OH is 1. The molecule has 2 aromatic carbocycles. The van der Waals surface area contributed by atoms with E-state index in [0.717, 1.165) is 52.2 Å². The molecule has 248 valence electrons. The van der Waals surface area contributed by atoms with Crippen LogP contribution >= 0.6 is 31.9 Å². The monoisotopic (exact) mass is 760 g/mol. The van der Waals surface area contributed by atoms with Crippen molar-refractivity contribution in [2.75, 3.05) is 26.9 Å². The number of methoxy groups -OCH3 is 1. The maximum absolute atomic E-state index is 12.6. The molecule has 0 radical (unpaired) electrons. The zero-order valence-corrected chi connectivity index (χ0v) is 28.9. The smallest absolute Gasteiger partial charge is 0.313 e. The van der Waals surface area contributed by atoms with E-state index >= 15 is 0 Å². The fourth-order valence-corrected chi connectivity index (χ4v) is 6.63. The van der Waals surface area contributed by atoms with E-state index in [1.54, 1.807) is 21.3 Å². The van der Waals surface area contributed by atoms with Gasteiger partial charge in [-0.15, -0.1) is 0 Å². The molecule has 2 aromatic heterocycles. The first-order valence-corrected chi connectivity index (χ1v) is 16.7. The van der Waals surface area contributed by atoms with Gasteiger partial charge in [0.15, 0.2) is 0 Å². The molecular formula is C34H42Br2N4O6. The molecule has 0 saturated carbocycles. The molecule has 3 aliphatic rings. The summed E-state index contributed by atoms with van der Waals surface area (Å²) in [4.78, 5) is 46.3. The highest BCUT2D eigenvalue weighted by Gasteiger charge is 2.39. The Morgan fingerprint density at radius 1 is 0.891 bits per heavy atom. The minimum Gasteiger partial charge on any atom is -0.469 e. The van der Waals surface area contributed by atoms with Crippen LogP contribution in [0.1, 0.15) is 58.6 Å². The Morgan fingerprint density at radius 3 is 1.85 bits per heavy atom. The summed E-state index contributed by atoms with van der Waals surface area (Å²) in [5.74, 6) is 1.27. The van der Waals surface area contributed by atoms with E-state index in [-0.39, 0.29) is 36.5 Å². The molecule has 0 aliphatic carbocycles. The number of ether oxygens (including phenoxy) is 2. The zero-order valence-electron chi connectivity index (χ0n) is 25.8. The van der Waals surface area contributed by atoms with Crippen LogP contribution in [0.25, 0.3) is 21.8 Å². The Kier molecular flexibility index (Phi) is 11.6. The number of carbonyl (C=O) groups is 1. The molecule has 4 aromatic rings. The van der Waals surface area contributed by atoms with E-state index < -0.39 is 5.41 Å². The molecule has 0 spiro atoms. The quantitative estimate of drug-likeness (QED) is 0.254. The summed E-state index contributed by atoms with van der Waals surface area (Å²) in [6.07, 6.45) is 5.36. The second kappa shape index (κ2) is 14.9. The molecule has 2 unspecified atom stereocenters. The van der Waals surface area contributed by atoms with Gasteiger partial charge in [-0.25, -0.2) is 9.97 Å². The van der Waals surface area contributed by atoms with Gasteiger partial charge in [-0.2, -0.15) is 0 Å². The standard InChI is InChI=1S/C15H15BrN2O3.C14H15BrN2O2.C4H8O.CH4/c1-15(14(20)21-2)6-5-12-17-11-7-9(16)3-4-10(11)13(19)18(12)8-15;1-14(8-18)5-4-12-16-11-6-9(15)2-3-10(11)13(19)17(12)7-14;1-2-4-5-3-1;/h3-4,7H,5-6,8H2,1-2H3;2-3,6,18H,4-5,7-8H2,1H3;1-4H2;1H4. The Bertz CT molecular complexity index is 1850. The summed E-state index contributed by atoms with van der Waals surface area (Å²) in [5, 5.41) is 10.7. The van der Waals surface area contributed by atoms with Gasteiger partial charge >= 0.3 is 5.97 Å². The first-order valence-electron chi connectivity index (χ1n) is 15.1. The fourth-order valence-electron chi connectivity index (χ4n) is 5.93. The van der Waals surface area contributed by atoms with Gasteiger partial charge in [-0.3, -0.25) is 23.5 Å². The molecule has 1 saturated heterocycles. The second-order valence-corrected chi connectivity index (χ2v) is 14.3. The topological polar surface area (TPSA) is 126 Å². The maximum atomic E-state index is 12.6. The Labute approximate surface area is 285 Å². The van der Waals surface area contributed by atoms with Crippen molar-refractivity contribution in [2.24, 2.45) is 10.8 Å². The van der Waals surface area contributed by atoms with Crippen LogP contribution in [-0.4, -0.2) is 57.1 Å². The van der Waals surface area contributed by atoms with E-state index in [1.165, 1.54) is 20.0 Å². The summed E-state index contributed by atoms with van der Waals surface area (Å²) in [6, 6.07) is 10.9. The fraction of sp³-hybridized carbons (Fsp3) is 0.500. The third kappa shape index (κ3) is 7.61. The van der Waals surface area contributed by atoms with Crippen LogP contribution in [0.5, 0.6) is 0 Å². The highest BCUT2D eigenvalue weighted by Crippen LogP contribution is 2.32. The number of benzene rings is 2. The van der Waals surface area contributed by atoms with Crippen LogP contribution in [0.2, 0.25) is 0 Å². The van der Waals surface area contributed by atoms with Crippen molar-refractivity contribution in [1.82, 2.24) is 19.1 Å². The number of hydrogen-bond acceptors (Lipinski definition) is 8. The lowest BCUT2D eigenvalue weighted by Crippen LogP contribution is -2.43. The van der Waals surface area contributed by atoms with E-state index in [0.29, 0.717) is 42.2 Å². The average molecular weight is 763 g/mol. The maximum Gasteiger partial charge on any atom is 0.313 e. The van der Waals surface area contributed by atoms with Crippen LogP contribution in [0.4, 0.5) is 0 Å². The van der Waals surface area contributed by atoms with Crippen LogP contribution in [-0.2, 0) is 40.2 Å².